The van der Waals surface area contributed by atoms with E-state index in [1.807, 2.05) is 30.3 Å². The van der Waals surface area contributed by atoms with Crippen LogP contribution in [-0.2, 0) is 14.6 Å². The first-order valence-corrected chi connectivity index (χ1v) is 7.70. The highest BCUT2D eigenvalue weighted by atomic mass is 32.2. The molecular weight excluding hydrogens is 260 g/mol. The number of rotatable bonds is 3. The van der Waals surface area contributed by atoms with E-state index in [1.54, 1.807) is 30.3 Å². The summed E-state index contributed by atoms with van der Waals surface area (Å²) in [6.07, 6.45) is 0. The Bertz CT molecular complexity index is 650. The van der Waals surface area contributed by atoms with Crippen LogP contribution in [0.25, 0.3) is 0 Å². The van der Waals surface area contributed by atoms with Crippen LogP contribution in [0.2, 0.25) is 0 Å². The normalized spacial score (nSPS) is 22.7. The summed E-state index contributed by atoms with van der Waals surface area (Å²) in [6.45, 7) is 0.459. The Morgan fingerprint density at radius 2 is 1.47 bits per heavy atom. The zero-order valence-corrected chi connectivity index (χ0v) is 11.1. The molecule has 0 N–H and O–H groups in total. The van der Waals surface area contributed by atoms with Crippen molar-refractivity contribution in [3.05, 3.63) is 66.2 Å². The predicted octanol–water partition coefficient (Wildman–Crippen LogP) is 2.60. The Hall–Kier alpha value is -1.65. The predicted molar refractivity (Wildman–Crippen MR) is 72.6 cm³/mol. The molecule has 19 heavy (non-hydrogen) atoms. The van der Waals surface area contributed by atoms with Gasteiger partial charge in [0.15, 0.2) is 5.44 Å². The van der Waals surface area contributed by atoms with Gasteiger partial charge in [-0.15, -0.1) is 0 Å². The molecule has 1 fully saturated rings. The zero-order valence-electron chi connectivity index (χ0n) is 10.3. The van der Waals surface area contributed by atoms with Gasteiger partial charge in [-0.1, -0.05) is 48.5 Å². The molecule has 1 aliphatic rings. The van der Waals surface area contributed by atoms with Gasteiger partial charge in [0.2, 0.25) is 9.84 Å². The minimum atomic E-state index is -3.42. The summed E-state index contributed by atoms with van der Waals surface area (Å²) in [5, 5.41) is 0. The van der Waals surface area contributed by atoms with Crippen molar-refractivity contribution >= 4 is 9.84 Å². The van der Waals surface area contributed by atoms with Gasteiger partial charge in [0.1, 0.15) is 0 Å². The SMILES string of the molecule is O=S(=O)(c1ccccc1)[C@H]1OC[C@H]1c1ccccc1. The third-order valence-electron chi connectivity index (χ3n) is 3.37. The topological polar surface area (TPSA) is 43.4 Å². The molecule has 0 spiro atoms. The second-order valence-electron chi connectivity index (χ2n) is 4.58. The number of benzene rings is 2. The molecule has 2 aromatic rings. The van der Waals surface area contributed by atoms with Crippen LogP contribution in [0.15, 0.2) is 65.6 Å². The first kappa shape index (κ1) is 12.4. The maximum absolute atomic E-state index is 12.5. The lowest BCUT2D eigenvalue weighted by molar-refractivity contribution is -0.0244. The molecule has 1 heterocycles. The molecule has 4 heteroatoms. The van der Waals surface area contributed by atoms with Gasteiger partial charge in [-0.3, -0.25) is 0 Å². The molecular formula is C15H14O3S. The van der Waals surface area contributed by atoms with Gasteiger partial charge >= 0.3 is 0 Å². The highest BCUT2D eigenvalue weighted by molar-refractivity contribution is 7.92. The Morgan fingerprint density at radius 1 is 0.895 bits per heavy atom. The van der Waals surface area contributed by atoms with E-state index in [0.29, 0.717) is 11.5 Å². The molecule has 3 rings (SSSR count). The van der Waals surface area contributed by atoms with Crippen molar-refractivity contribution in [1.82, 2.24) is 0 Å². The lowest BCUT2D eigenvalue weighted by Crippen LogP contribution is -2.43. The van der Waals surface area contributed by atoms with E-state index in [-0.39, 0.29) is 5.92 Å². The van der Waals surface area contributed by atoms with Gasteiger partial charge in [0, 0.05) is 5.92 Å². The van der Waals surface area contributed by atoms with Crippen molar-refractivity contribution in [2.75, 3.05) is 6.61 Å². The number of hydrogen-bond donors (Lipinski definition) is 0. The van der Waals surface area contributed by atoms with Gasteiger partial charge < -0.3 is 4.74 Å². The Kier molecular flexibility index (Phi) is 3.12. The van der Waals surface area contributed by atoms with E-state index in [1.165, 1.54) is 0 Å². The molecule has 0 saturated carbocycles. The van der Waals surface area contributed by atoms with Crippen LogP contribution in [0.1, 0.15) is 11.5 Å². The van der Waals surface area contributed by atoms with Crippen molar-refractivity contribution in [3.8, 4) is 0 Å². The van der Waals surface area contributed by atoms with Crippen molar-refractivity contribution in [2.45, 2.75) is 16.2 Å². The summed E-state index contributed by atoms with van der Waals surface area (Å²) in [6, 6.07) is 18.1. The van der Waals surface area contributed by atoms with Gasteiger partial charge in [-0.2, -0.15) is 0 Å². The summed E-state index contributed by atoms with van der Waals surface area (Å²) in [7, 11) is -3.42. The molecule has 0 amide bonds. The van der Waals surface area contributed by atoms with Crippen LogP contribution in [0, 0.1) is 0 Å². The third-order valence-corrected chi connectivity index (χ3v) is 5.38. The van der Waals surface area contributed by atoms with Crippen LogP contribution in [0.3, 0.4) is 0 Å². The van der Waals surface area contributed by atoms with Crippen LogP contribution >= 0.6 is 0 Å². The highest BCUT2D eigenvalue weighted by Gasteiger charge is 2.43. The lowest BCUT2D eigenvalue weighted by atomic mass is 9.98. The standard InChI is InChI=1S/C15H14O3S/c16-19(17,13-9-5-2-6-10-13)15-14(11-18-15)12-7-3-1-4-8-12/h1-10,14-15H,11H2/t14-,15+/m0/s1. The highest BCUT2D eigenvalue weighted by Crippen LogP contribution is 2.37. The van der Waals surface area contributed by atoms with Gasteiger partial charge in [-0.05, 0) is 17.7 Å². The first-order chi connectivity index (χ1) is 9.19. The number of sulfone groups is 1. The van der Waals surface area contributed by atoms with E-state index in [4.69, 9.17) is 4.74 Å². The fourth-order valence-electron chi connectivity index (χ4n) is 2.27. The molecule has 0 aromatic heterocycles. The molecule has 0 bridgehead atoms. The second kappa shape index (κ2) is 4.79. The van der Waals surface area contributed by atoms with E-state index in [0.717, 1.165) is 5.56 Å². The van der Waals surface area contributed by atoms with Crippen molar-refractivity contribution in [2.24, 2.45) is 0 Å². The summed E-state index contributed by atoms with van der Waals surface area (Å²) >= 11 is 0. The Morgan fingerprint density at radius 3 is 2.00 bits per heavy atom. The minimum absolute atomic E-state index is 0.0774. The Labute approximate surface area is 112 Å². The molecule has 1 saturated heterocycles. The van der Waals surface area contributed by atoms with Crippen LogP contribution in [0.5, 0.6) is 0 Å². The smallest absolute Gasteiger partial charge is 0.205 e. The number of ether oxygens (including phenoxy) is 1. The number of hydrogen-bond acceptors (Lipinski definition) is 3. The van der Waals surface area contributed by atoms with E-state index >= 15 is 0 Å². The average molecular weight is 274 g/mol. The molecule has 0 aliphatic carbocycles. The second-order valence-corrected chi connectivity index (χ2v) is 6.60. The summed E-state index contributed by atoms with van der Waals surface area (Å²) in [4.78, 5) is 0.320. The van der Waals surface area contributed by atoms with Crippen molar-refractivity contribution in [1.29, 1.82) is 0 Å². The fourth-order valence-corrected chi connectivity index (χ4v) is 4.01. The molecule has 2 aromatic carbocycles. The van der Waals surface area contributed by atoms with E-state index < -0.39 is 15.3 Å². The van der Waals surface area contributed by atoms with Gasteiger partial charge in [0.25, 0.3) is 0 Å². The molecule has 0 radical (unpaired) electrons. The van der Waals surface area contributed by atoms with Crippen molar-refractivity contribution < 1.29 is 13.2 Å². The largest absolute Gasteiger partial charge is 0.360 e. The van der Waals surface area contributed by atoms with Gasteiger partial charge in [-0.25, -0.2) is 8.42 Å². The zero-order chi connectivity index (χ0) is 13.3. The lowest BCUT2D eigenvalue weighted by Gasteiger charge is -2.36. The maximum atomic E-state index is 12.5. The van der Waals surface area contributed by atoms with Gasteiger partial charge in [0.05, 0.1) is 11.5 Å². The molecule has 3 nitrogen and oxygen atoms in total. The van der Waals surface area contributed by atoms with E-state index in [9.17, 15) is 8.42 Å². The molecule has 2 atom stereocenters. The van der Waals surface area contributed by atoms with Crippen molar-refractivity contribution in [3.63, 3.8) is 0 Å². The summed E-state index contributed by atoms with van der Waals surface area (Å²) in [5.74, 6) is -0.0774. The van der Waals surface area contributed by atoms with E-state index in [2.05, 4.69) is 0 Å². The minimum Gasteiger partial charge on any atom is -0.360 e. The summed E-state index contributed by atoms with van der Waals surface area (Å²) in [5.41, 5.74) is 0.246. The van der Waals surface area contributed by atoms with Crippen LogP contribution < -0.4 is 0 Å². The molecule has 1 aliphatic heterocycles. The quantitative estimate of drug-likeness (QED) is 0.864. The van der Waals surface area contributed by atoms with Crippen LogP contribution in [-0.4, -0.2) is 20.5 Å². The molecule has 98 valence electrons. The first-order valence-electron chi connectivity index (χ1n) is 6.15. The third kappa shape index (κ3) is 2.17. The van der Waals surface area contributed by atoms with Crippen LogP contribution in [0.4, 0.5) is 0 Å². The fraction of sp³-hybridized carbons (Fsp3) is 0.200. The maximum Gasteiger partial charge on any atom is 0.205 e. The summed E-state index contributed by atoms with van der Waals surface area (Å²) < 4.78 is 30.3. The Balaban J connectivity index is 1.92. The molecule has 0 unspecified atom stereocenters. The average Bonchev–Trinajstić information content (AvgIpc) is 2.39. The monoisotopic (exact) mass is 274 g/mol.